The molecule has 0 amide bonds. The number of pyridine rings is 1. The minimum Gasteiger partial charge on any atom is -0.396 e. The maximum atomic E-state index is 14.2. The number of nitrogen functional groups attached to an aromatic ring is 1. The molecular weight excluding hydrogens is 274 g/mol. The van der Waals surface area contributed by atoms with Gasteiger partial charge in [-0.2, -0.15) is 5.10 Å². The van der Waals surface area contributed by atoms with Gasteiger partial charge in [0.25, 0.3) is 0 Å². The van der Waals surface area contributed by atoms with Crippen LogP contribution >= 0.6 is 0 Å². The Bertz CT molecular complexity index is 797. The summed E-state index contributed by atoms with van der Waals surface area (Å²) in [7, 11) is 1.69. The molecule has 1 aromatic carbocycles. The number of hydrogen-bond acceptors (Lipinski definition) is 3. The number of hydrogen-bond donors (Lipinski definition) is 1. The maximum absolute atomic E-state index is 14.2. The number of anilines is 1. The van der Waals surface area contributed by atoms with Crippen molar-refractivity contribution in [2.24, 2.45) is 7.05 Å². The molecular formula is C15H12F2N4. The lowest BCUT2D eigenvalue weighted by molar-refractivity contribution is 0.590. The summed E-state index contributed by atoms with van der Waals surface area (Å²) >= 11 is 0. The van der Waals surface area contributed by atoms with Crippen LogP contribution in [0.15, 0.2) is 42.9 Å². The first-order valence-electron chi connectivity index (χ1n) is 6.26. The molecule has 0 fully saturated rings. The van der Waals surface area contributed by atoms with Gasteiger partial charge in [0, 0.05) is 31.2 Å². The Balaban J connectivity index is 2.28. The first-order valence-corrected chi connectivity index (χ1v) is 6.26. The Labute approximate surface area is 119 Å². The van der Waals surface area contributed by atoms with Crippen molar-refractivity contribution in [3.8, 4) is 22.4 Å². The zero-order valence-corrected chi connectivity index (χ0v) is 11.2. The first-order chi connectivity index (χ1) is 10.1. The fourth-order valence-corrected chi connectivity index (χ4v) is 2.20. The Morgan fingerprint density at radius 2 is 1.81 bits per heavy atom. The molecule has 0 aliphatic rings. The lowest BCUT2D eigenvalue weighted by Crippen LogP contribution is -1.98. The topological polar surface area (TPSA) is 56.7 Å². The zero-order valence-electron chi connectivity index (χ0n) is 11.2. The van der Waals surface area contributed by atoms with E-state index < -0.39 is 11.6 Å². The van der Waals surface area contributed by atoms with Crippen molar-refractivity contribution in [2.45, 2.75) is 0 Å². The number of benzene rings is 1. The second-order valence-electron chi connectivity index (χ2n) is 4.63. The van der Waals surface area contributed by atoms with Crippen molar-refractivity contribution in [1.82, 2.24) is 14.8 Å². The smallest absolute Gasteiger partial charge is 0.158 e. The average Bonchev–Trinajstić information content (AvgIpc) is 2.86. The molecule has 3 rings (SSSR count). The molecule has 2 N–H and O–H groups in total. The third-order valence-electron chi connectivity index (χ3n) is 3.18. The van der Waals surface area contributed by atoms with E-state index in [0.29, 0.717) is 5.56 Å². The second kappa shape index (κ2) is 4.97. The molecule has 0 spiro atoms. The molecule has 106 valence electrons. The third-order valence-corrected chi connectivity index (χ3v) is 3.18. The molecule has 4 nitrogen and oxygen atoms in total. The summed E-state index contributed by atoms with van der Waals surface area (Å²) in [5, 5.41) is 4.18. The molecule has 6 heteroatoms. The summed E-state index contributed by atoms with van der Waals surface area (Å²) in [6.07, 6.45) is 4.92. The van der Waals surface area contributed by atoms with Gasteiger partial charge in [0.1, 0.15) is 11.5 Å². The normalized spacial score (nSPS) is 10.8. The van der Waals surface area contributed by atoms with Gasteiger partial charge in [0.05, 0.1) is 11.3 Å². The Kier molecular flexibility index (Phi) is 3.13. The summed E-state index contributed by atoms with van der Waals surface area (Å²) in [5.74, 6) is -1.50. The van der Waals surface area contributed by atoms with E-state index in [2.05, 4.69) is 10.1 Å². The van der Waals surface area contributed by atoms with Crippen LogP contribution in [0.1, 0.15) is 0 Å². The number of aryl methyl sites for hydroxylation is 1. The summed E-state index contributed by atoms with van der Waals surface area (Å²) < 4.78 is 29.8. The van der Waals surface area contributed by atoms with Gasteiger partial charge in [0.2, 0.25) is 0 Å². The number of aromatic nitrogens is 3. The highest BCUT2D eigenvalue weighted by molar-refractivity contribution is 5.82. The van der Waals surface area contributed by atoms with Crippen molar-refractivity contribution in [1.29, 1.82) is 0 Å². The van der Waals surface area contributed by atoms with E-state index >= 15 is 0 Å². The molecule has 0 unspecified atom stereocenters. The molecule has 0 atom stereocenters. The molecule has 3 aromatic rings. The molecule has 0 radical (unpaired) electrons. The van der Waals surface area contributed by atoms with Gasteiger partial charge in [-0.05, 0) is 29.8 Å². The van der Waals surface area contributed by atoms with Gasteiger partial charge in [-0.1, -0.05) is 0 Å². The van der Waals surface area contributed by atoms with Crippen LogP contribution in [-0.2, 0) is 7.05 Å². The van der Waals surface area contributed by atoms with Crippen molar-refractivity contribution in [3.05, 3.63) is 54.5 Å². The number of nitrogens with zero attached hydrogens (tertiary/aromatic N) is 3. The van der Waals surface area contributed by atoms with E-state index in [1.807, 2.05) is 0 Å². The lowest BCUT2D eigenvalue weighted by Gasteiger charge is -2.07. The monoisotopic (exact) mass is 286 g/mol. The molecule has 0 saturated heterocycles. The SMILES string of the molecule is Cn1cc(-c2ccncc2)c(-c2c(F)ccc(N)c2F)n1. The van der Waals surface area contributed by atoms with Crippen LogP contribution in [0.2, 0.25) is 0 Å². The van der Waals surface area contributed by atoms with E-state index in [9.17, 15) is 8.78 Å². The highest BCUT2D eigenvalue weighted by Crippen LogP contribution is 2.35. The molecule has 21 heavy (non-hydrogen) atoms. The van der Waals surface area contributed by atoms with Crippen LogP contribution in [0, 0.1) is 11.6 Å². The number of nitrogens with two attached hydrogens (primary N) is 1. The minimum absolute atomic E-state index is 0.113. The first kappa shape index (κ1) is 13.2. The van der Waals surface area contributed by atoms with Crippen molar-refractivity contribution in [2.75, 3.05) is 5.73 Å². The lowest BCUT2D eigenvalue weighted by atomic mass is 10.0. The van der Waals surface area contributed by atoms with Crippen molar-refractivity contribution in [3.63, 3.8) is 0 Å². The average molecular weight is 286 g/mol. The van der Waals surface area contributed by atoms with Crippen LogP contribution in [0.5, 0.6) is 0 Å². The number of halogens is 2. The van der Waals surface area contributed by atoms with Gasteiger partial charge in [-0.25, -0.2) is 8.78 Å². The van der Waals surface area contributed by atoms with Gasteiger partial charge in [-0.15, -0.1) is 0 Å². The predicted molar refractivity (Wildman–Crippen MR) is 76.2 cm³/mol. The highest BCUT2D eigenvalue weighted by atomic mass is 19.1. The summed E-state index contributed by atoms with van der Waals surface area (Å²) in [6, 6.07) is 5.84. The highest BCUT2D eigenvalue weighted by Gasteiger charge is 2.21. The standard InChI is InChI=1S/C15H12F2N4/c1-21-8-10(9-4-6-19-7-5-9)15(20-21)13-11(16)2-3-12(18)14(13)17/h2-8H,18H2,1H3. The summed E-state index contributed by atoms with van der Waals surface area (Å²) in [6.45, 7) is 0. The Morgan fingerprint density at radius 1 is 1.10 bits per heavy atom. The largest absolute Gasteiger partial charge is 0.396 e. The van der Waals surface area contributed by atoms with E-state index in [1.54, 1.807) is 37.8 Å². The van der Waals surface area contributed by atoms with Gasteiger partial charge >= 0.3 is 0 Å². The van der Waals surface area contributed by atoms with Crippen LogP contribution in [0.4, 0.5) is 14.5 Å². The minimum atomic E-state index is -0.802. The van der Waals surface area contributed by atoms with E-state index in [1.165, 1.54) is 10.7 Å². The zero-order chi connectivity index (χ0) is 15.0. The molecule has 0 bridgehead atoms. The fraction of sp³-hybridized carbons (Fsp3) is 0.0667. The second-order valence-corrected chi connectivity index (χ2v) is 4.63. The number of rotatable bonds is 2. The molecule has 0 aliphatic carbocycles. The predicted octanol–water partition coefficient (Wildman–Crippen LogP) is 3.01. The van der Waals surface area contributed by atoms with Crippen LogP contribution < -0.4 is 5.73 Å². The molecule has 2 aromatic heterocycles. The van der Waals surface area contributed by atoms with Crippen LogP contribution in [-0.4, -0.2) is 14.8 Å². The third kappa shape index (κ3) is 2.24. The molecule has 0 aliphatic heterocycles. The maximum Gasteiger partial charge on any atom is 0.158 e. The summed E-state index contributed by atoms with van der Waals surface area (Å²) in [4.78, 5) is 3.93. The van der Waals surface area contributed by atoms with Gasteiger partial charge in [-0.3, -0.25) is 9.67 Å². The van der Waals surface area contributed by atoms with E-state index in [4.69, 9.17) is 5.73 Å². The van der Waals surface area contributed by atoms with E-state index in [0.717, 1.165) is 11.6 Å². The fourth-order valence-electron chi connectivity index (χ4n) is 2.20. The van der Waals surface area contributed by atoms with Gasteiger partial charge in [0.15, 0.2) is 5.82 Å². The van der Waals surface area contributed by atoms with E-state index in [-0.39, 0.29) is 16.9 Å². The van der Waals surface area contributed by atoms with Crippen LogP contribution in [0.25, 0.3) is 22.4 Å². The Morgan fingerprint density at radius 3 is 2.52 bits per heavy atom. The summed E-state index contributed by atoms with van der Waals surface area (Å²) in [5.41, 5.74) is 6.80. The quantitative estimate of drug-likeness (QED) is 0.737. The van der Waals surface area contributed by atoms with Crippen molar-refractivity contribution < 1.29 is 8.78 Å². The van der Waals surface area contributed by atoms with Gasteiger partial charge < -0.3 is 5.73 Å². The van der Waals surface area contributed by atoms with Crippen molar-refractivity contribution >= 4 is 5.69 Å². The molecule has 2 heterocycles. The van der Waals surface area contributed by atoms with Crippen LogP contribution in [0.3, 0.4) is 0 Å². The molecule has 0 saturated carbocycles. The Hall–Kier alpha value is -2.76.